The summed E-state index contributed by atoms with van der Waals surface area (Å²) in [6.45, 7) is 0.705. The maximum Gasteiger partial charge on any atom is 0.243 e. The van der Waals surface area contributed by atoms with Crippen LogP contribution in [0.2, 0.25) is 0 Å². The Kier molecular flexibility index (Phi) is 3.66. The van der Waals surface area contributed by atoms with E-state index in [4.69, 9.17) is 4.42 Å². The molecule has 3 heterocycles. The van der Waals surface area contributed by atoms with Gasteiger partial charge in [-0.25, -0.2) is 4.98 Å². The van der Waals surface area contributed by atoms with E-state index in [1.165, 1.54) is 0 Å². The van der Waals surface area contributed by atoms with E-state index in [0.717, 1.165) is 23.0 Å². The molecule has 0 spiro atoms. The van der Waals surface area contributed by atoms with Crippen molar-refractivity contribution < 1.29 is 4.42 Å². The number of hydrogen-bond donors (Lipinski definition) is 1. The summed E-state index contributed by atoms with van der Waals surface area (Å²) >= 11 is 0. The second kappa shape index (κ2) is 6.11. The maximum absolute atomic E-state index is 5.82. The third-order valence-corrected chi connectivity index (χ3v) is 3.69. The molecule has 0 unspecified atom stereocenters. The average molecular weight is 320 g/mol. The van der Waals surface area contributed by atoms with Gasteiger partial charge < -0.3 is 9.73 Å². The molecule has 0 aliphatic rings. The molecule has 0 bridgehead atoms. The number of para-hydroxylation sites is 1. The minimum atomic E-state index is 0.483. The van der Waals surface area contributed by atoms with Gasteiger partial charge in [0.15, 0.2) is 5.76 Å². The second-order valence-corrected chi connectivity index (χ2v) is 5.51. The lowest BCUT2D eigenvalue weighted by Gasteiger charge is -2.03. The Hall–Kier alpha value is -3.22. The highest BCUT2D eigenvalue weighted by Gasteiger charge is 2.09. The topological polar surface area (TPSA) is 81.7 Å². The second-order valence-electron chi connectivity index (χ2n) is 5.51. The molecule has 0 atom stereocenters. The Morgan fingerprint density at radius 1 is 1.21 bits per heavy atom. The monoisotopic (exact) mass is 320 g/mol. The molecule has 7 heteroatoms. The van der Waals surface area contributed by atoms with Gasteiger partial charge in [-0.15, -0.1) is 5.10 Å². The lowest BCUT2D eigenvalue weighted by Crippen LogP contribution is -2.08. The summed E-state index contributed by atoms with van der Waals surface area (Å²) in [7, 11) is 1.90. The maximum atomic E-state index is 5.82. The molecule has 120 valence electrons. The molecule has 0 fully saturated rings. The van der Waals surface area contributed by atoms with Crippen LogP contribution in [0.25, 0.3) is 22.4 Å². The highest BCUT2D eigenvalue weighted by Crippen LogP contribution is 2.26. The van der Waals surface area contributed by atoms with E-state index in [-0.39, 0.29) is 0 Å². The van der Waals surface area contributed by atoms with Crippen LogP contribution in [0.3, 0.4) is 0 Å². The van der Waals surface area contributed by atoms with Crippen LogP contribution in [-0.4, -0.2) is 31.5 Å². The van der Waals surface area contributed by atoms with Crippen LogP contribution in [0.15, 0.2) is 53.3 Å². The highest BCUT2D eigenvalue weighted by molar-refractivity contribution is 5.81. The van der Waals surface area contributed by atoms with Gasteiger partial charge in [-0.1, -0.05) is 18.2 Å². The Labute approximate surface area is 138 Å². The van der Waals surface area contributed by atoms with Crippen molar-refractivity contribution in [1.82, 2.24) is 25.0 Å². The minimum Gasteiger partial charge on any atom is -0.454 e. The zero-order valence-corrected chi connectivity index (χ0v) is 13.2. The van der Waals surface area contributed by atoms with E-state index in [9.17, 15) is 0 Å². The fraction of sp³-hybridized carbons (Fsp3) is 0.176. The fourth-order valence-corrected chi connectivity index (χ4v) is 2.52. The molecule has 24 heavy (non-hydrogen) atoms. The van der Waals surface area contributed by atoms with Gasteiger partial charge in [-0.2, -0.15) is 10.2 Å². The number of aryl methyl sites for hydroxylation is 1. The Morgan fingerprint density at radius 3 is 2.96 bits per heavy atom. The largest absolute Gasteiger partial charge is 0.454 e. The van der Waals surface area contributed by atoms with Crippen LogP contribution in [0.4, 0.5) is 5.95 Å². The van der Waals surface area contributed by atoms with Gasteiger partial charge in [-0.05, 0) is 24.1 Å². The Balaban J connectivity index is 1.48. The first-order valence-electron chi connectivity index (χ1n) is 7.68. The molecule has 0 radical (unpaired) electrons. The molecule has 1 aromatic carbocycles. The smallest absolute Gasteiger partial charge is 0.243 e. The normalized spacial score (nSPS) is 11.0. The first-order valence-corrected chi connectivity index (χ1v) is 7.68. The highest BCUT2D eigenvalue weighted by atomic mass is 16.3. The quantitative estimate of drug-likeness (QED) is 0.609. The number of furan rings is 1. The van der Waals surface area contributed by atoms with E-state index in [1.807, 2.05) is 49.8 Å². The van der Waals surface area contributed by atoms with E-state index in [2.05, 4.69) is 25.6 Å². The lowest BCUT2D eigenvalue weighted by atomic mass is 10.2. The van der Waals surface area contributed by atoms with Crippen LogP contribution < -0.4 is 5.32 Å². The van der Waals surface area contributed by atoms with E-state index in [0.29, 0.717) is 23.9 Å². The molecule has 0 saturated heterocycles. The molecule has 0 saturated carbocycles. The van der Waals surface area contributed by atoms with Gasteiger partial charge in [0.05, 0.1) is 12.4 Å². The van der Waals surface area contributed by atoms with Crippen molar-refractivity contribution >= 4 is 16.9 Å². The molecule has 3 aromatic heterocycles. The van der Waals surface area contributed by atoms with E-state index >= 15 is 0 Å². The predicted molar refractivity (Wildman–Crippen MR) is 90.4 cm³/mol. The summed E-state index contributed by atoms with van der Waals surface area (Å²) in [4.78, 5) is 4.48. The van der Waals surface area contributed by atoms with Crippen molar-refractivity contribution in [3.05, 3.63) is 54.5 Å². The number of hydrogen-bond acceptors (Lipinski definition) is 6. The summed E-state index contributed by atoms with van der Waals surface area (Å²) in [5.74, 6) is 1.17. The number of benzene rings is 1. The van der Waals surface area contributed by atoms with Gasteiger partial charge in [0.2, 0.25) is 5.95 Å². The number of nitrogens with zero attached hydrogens (tertiary/aromatic N) is 5. The third-order valence-electron chi connectivity index (χ3n) is 3.69. The van der Waals surface area contributed by atoms with Crippen molar-refractivity contribution in [2.75, 3.05) is 11.9 Å². The van der Waals surface area contributed by atoms with Crippen molar-refractivity contribution in [3.8, 4) is 11.5 Å². The van der Waals surface area contributed by atoms with Crippen molar-refractivity contribution in [2.45, 2.75) is 6.42 Å². The number of rotatable bonds is 5. The number of nitrogens with one attached hydrogen (secondary N) is 1. The Bertz CT molecular complexity index is 941. The molecule has 7 nitrogen and oxygen atoms in total. The van der Waals surface area contributed by atoms with E-state index in [1.54, 1.807) is 10.9 Å². The Morgan fingerprint density at radius 2 is 2.12 bits per heavy atom. The molecule has 0 aliphatic heterocycles. The number of anilines is 1. The average Bonchev–Trinajstić information content (AvgIpc) is 3.21. The van der Waals surface area contributed by atoms with Crippen molar-refractivity contribution in [1.29, 1.82) is 0 Å². The van der Waals surface area contributed by atoms with Gasteiger partial charge in [-0.3, -0.25) is 4.68 Å². The zero-order chi connectivity index (χ0) is 16.4. The summed E-state index contributed by atoms with van der Waals surface area (Å²) in [6.07, 6.45) is 6.29. The fourth-order valence-electron chi connectivity index (χ4n) is 2.52. The van der Waals surface area contributed by atoms with Crippen LogP contribution in [0, 0.1) is 0 Å². The van der Waals surface area contributed by atoms with Crippen LogP contribution in [0.1, 0.15) is 5.56 Å². The first-order chi connectivity index (χ1) is 11.8. The standard InChI is InChI=1S/C17H16N6O/c1-23-11-12(9-20-23)6-7-18-17-21-14(10-19-22-17)16-8-13-4-2-3-5-15(13)24-16/h2-5,8-11H,6-7H2,1H3,(H,18,21,22). The molecular weight excluding hydrogens is 304 g/mol. The summed E-state index contributed by atoms with van der Waals surface area (Å²) < 4.78 is 7.60. The van der Waals surface area contributed by atoms with Crippen LogP contribution in [0.5, 0.6) is 0 Å². The lowest BCUT2D eigenvalue weighted by molar-refractivity contribution is 0.627. The summed E-state index contributed by atoms with van der Waals surface area (Å²) in [6, 6.07) is 9.81. The van der Waals surface area contributed by atoms with Crippen molar-refractivity contribution in [2.24, 2.45) is 7.05 Å². The van der Waals surface area contributed by atoms with Gasteiger partial charge in [0.25, 0.3) is 0 Å². The summed E-state index contributed by atoms with van der Waals surface area (Å²) in [5.41, 5.74) is 2.65. The molecular formula is C17H16N6O. The number of fused-ring (bicyclic) bond motifs is 1. The first kappa shape index (κ1) is 14.4. The van der Waals surface area contributed by atoms with Crippen LogP contribution in [-0.2, 0) is 13.5 Å². The molecule has 0 aliphatic carbocycles. The van der Waals surface area contributed by atoms with Gasteiger partial charge in [0, 0.05) is 25.2 Å². The molecule has 4 aromatic rings. The summed E-state index contributed by atoms with van der Waals surface area (Å²) in [5, 5.41) is 16.4. The number of aromatic nitrogens is 5. The van der Waals surface area contributed by atoms with Gasteiger partial charge >= 0.3 is 0 Å². The van der Waals surface area contributed by atoms with E-state index < -0.39 is 0 Å². The van der Waals surface area contributed by atoms with Crippen LogP contribution >= 0.6 is 0 Å². The molecule has 1 N–H and O–H groups in total. The predicted octanol–water partition coefficient (Wildman–Crippen LogP) is 2.67. The minimum absolute atomic E-state index is 0.483. The molecule has 4 rings (SSSR count). The molecule has 0 amide bonds. The third kappa shape index (κ3) is 2.96. The zero-order valence-electron chi connectivity index (χ0n) is 13.2. The SMILES string of the molecule is Cn1cc(CCNc2nncc(-c3cc4ccccc4o3)n2)cn1. The van der Waals surface area contributed by atoms with Crippen molar-refractivity contribution in [3.63, 3.8) is 0 Å². The van der Waals surface area contributed by atoms with Gasteiger partial charge in [0.1, 0.15) is 11.3 Å².